The van der Waals surface area contributed by atoms with Crippen LogP contribution in [0.3, 0.4) is 0 Å². The SMILES string of the molecule is O=C(Cc1ccc(Cl)cc1)N/N=C(/C(=O)c1ccccc1)c1ccccc1. The second kappa shape index (κ2) is 8.92. The number of carbonyl (C=O) groups is 2. The van der Waals surface area contributed by atoms with Crippen LogP contribution in [0.25, 0.3) is 0 Å². The van der Waals surface area contributed by atoms with Crippen LogP contribution in [0.5, 0.6) is 0 Å². The summed E-state index contributed by atoms with van der Waals surface area (Å²) in [4.78, 5) is 25.1. The predicted octanol–water partition coefficient (Wildman–Crippen LogP) is 4.29. The van der Waals surface area contributed by atoms with E-state index in [1.165, 1.54) is 0 Å². The fraction of sp³-hybridized carbons (Fsp3) is 0.0455. The molecule has 0 atom stereocenters. The normalized spacial score (nSPS) is 11.1. The van der Waals surface area contributed by atoms with Gasteiger partial charge in [-0.25, -0.2) is 5.43 Å². The van der Waals surface area contributed by atoms with Crippen LogP contribution in [0.15, 0.2) is 90.0 Å². The Morgan fingerprint density at radius 2 is 1.33 bits per heavy atom. The molecule has 0 saturated carbocycles. The molecule has 0 aliphatic heterocycles. The Kier molecular flexibility index (Phi) is 6.13. The number of nitrogens with zero attached hydrogens (tertiary/aromatic N) is 1. The van der Waals surface area contributed by atoms with Gasteiger partial charge in [-0.1, -0.05) is 84.4 Å². The van der Waals surface area contributed by atoms with Gasteiger partial charge < -0.3 is 0 Å². The van der Waals surface area contributed by atoms with Crippen molar-refractivity contribution in [2.24, 2.45) is 5.10 Å². The number of amides is 1. The molecule has 0 heterocycles. The standard InChI is InChI=1S/C22H17ClN2O2/c23-19-13-11-16(12-14-19)15-20(26)24-25-21(17-7-3-1-4-8-17)22(27)18-9-5-2-6-10-18/h1-14H,15H2,(H,24,26)/b25-21+. The molecule has 1 amide bonds. The van der Waals surface area contributed by atoms with Crippen molar-refractivity contribution in [2.45, 2.75) is 6.42 Å². The molecule has 27 heavy (non-hydrogen) atoms. The first-order valence-electron chi connectivity index (χ1n) is 8.39. The quantitative estimate of drug-likeness (QED) is 0.396. The summed E-state index contributed by atoms with van der Waals surface area (Å²) in [5.41, 5.74) is 4.63. The predicted molar refractivity (Wildman–Crippen MR) is 107 cm³/mol. The minimum atomic E-state index is -0.313. The van der Waals surface area contributed by atoms with Crippen molar-refractivity contribution in [3.05, 3.63) is 107 Å². The van der Waals surface area contributed by atoms with E-state index < -0.39 is 0 Å². The Hall–Kier alpha value is -3.24. The lowest BCUT2D eigenvalue weighted by molar-refractivity contribution is -0.120. The van der Waals surface area contributed by atoms with E-state index in [0.717, 1.165) is 5.56 Å². The molecule has 0 fully saturated rings. The van der Waals surface area contributed by atoms with Crippen molar-refractivity contribution in [1.29, 1.82) is 0 Å². The second-order valence-electron chi connectivity index (χ2n) is 5.86. The Bertz CT molecular complexity index is 953. The molecule has 3 aromatic rings. The summed E-state index contributed by atoms with van der Waals surface area (Å²) in [7, 11) is 0. The molecule has 0 bridgehead atoms. The Labute approximate surface area is 162 Å². The molecule has 0 spiro atoms. The highest BCUT2D eigenvalue weighted by Gasteiger charge is 2.16. The van der Waals surface area contributed by atoms with Crippen molar-refractivity contribution in [3.63, 3.8) is 0 Å². The van der Waals surface area contributed by atoms with Gasteiger partial charge in [-0.2, -0.15) is 5.10 Å². The van der Waals surface area contributed by atoms with Crippen molar-refractivity contribution < 1.29 is 9.59 Å². The van der Waals surface area contributed by atoms with E-state index in [0.29, 0.717) is 16.1 Å². The Morgan fingerprint density at radius 1 is 0.778 bits per heavy atom. The molecule has 1 N–H and O–H groups in total. The average molecular weight is 377 g/mol. The van der Waals surface area contributed by atoms with Gasteiger partial charge in [0.25, 0.3) is 0 Å². The largest absolute Gasteiger partial charge is 0.287 e. The zero-order chi connectivity index (χ0) is 19.1. The fourth-order valence-electron chi connectivity index (χ4n) is 2.51. The van der Waals surface area contributed by atoms with Gasteiger partial charge in [-0.15, -0.1) is 0 Å². The number of Topliss-reactive ketones (excluding diaryl/α,β-unsaturated/α-hetero) is 1. The Balaban J connectivity index is 1.81. The smallest absolute Gasteiger partial charge is 0.244 e. The molecule has 5 heteroatoms. The molecule has 0 radical (unpaired) electrons. The molecular formula is C22H17ClN2O2. The third-order valence-corrected chi connectivity index (χ3v) is 4.12. The van der Waals surface area contributed by atoms with Gasteiger partial charge in [0.05, 0.1) is 6.42 Å². The summed E-state index contributed by atoms with van der Waals surface area (Å²) in [6, 6.07) is 24.9. The first-order chi connectivity index (χ1) is 13.1. The van der Waals surface area contributed by atoms with Crippen LogP contribution in [0, 0.1) is 0 Å². The fourth-order valence-corrected chi connectivity index (χ4v) is 2.64. The highest BCUT2D eigenvalue weighted by molar-refractivity contribution is 6.51. The number of hydrogen-bond acceptors (Lipinski definition) is 3. The highest BCUT2D eigenvalue weighted by Crippen LogP contribution is 2.11. The van der Waals surface area contributed by atoms with Crippen LogP contribution in [0.1, 0.15) is 21.5 Å². The van der Waals surface area contributed by atoms with Gasteiger partial charge in [0.15, 0.2) is 0 Å². The molecule has 0 unspecified atom stereocenters. The molecule has 0 aromatic heterocycles. The minimum Gasteiger partial charge on any atom is -0.287 e. The molecule has 134 valence electrons. The van der Waals surface area contributed by atoms with Gasteiger partial charge in [-0.3, -0.25) is 9.59 Å². The van der Waals surface area contributed by atoms with Gasteiger partial charge in [-0.05, 0) is 17.7 Å². The molecule has 0 aliphatic rings. The number of rotatable bonds is 6. The number of halogens is 1. The zero-order valence-electron chi connectivity index (χ0n) is 14.4. The maximum atomic E-state index is 12.9. The maximum Gasteiger partial charge on any atom is 0.244 e. The number of nitrogens with one attached hydrogen (secondary N) is 1. The molecule has 4 nitrogen and oxygen atoms in total. The van der Waals surface area contributed by atoms with E-state index >= 15 is 0 Å². The van der Waals surface area contributed by atoms with E-state index in [1.54, 1.807) is 60.7 Å². The minimum absolute atomic E-state index is 0.141. The molecule has 0 aliphatic carbocycles. The lowest BCUT2D eigenvalue weighted by Crippen LogP contribution is -2.25. The maximum absolute atomic E-state index is 12.9. The van der Waals surface area contributed by atoms with Gasteiger partial charge >= 0.3 is 0 Å². The monoisotopic (exact) mass is 376 g/mol. The number of ketones is 1. The summed E-state index contributed by atoms with van der Waals surface area (Å²) in [5.74, 6) is -0.569. The lowest BCUT2D eigenvalue weighted by Gasteiger charge is -2.07. The third kappa shape index (κ3) is 5.12. The number of carbonyl (C=O) groups excluding carboxylic acids is 2. The van der Waals surface area contributed by atoms with Crippen LogP contribution in [0.4, 0.5) is 0 Å². The number of hydrazone groups is 1. The molecule has 3 aromatic carbocycles. The van der Waals surface area contributed by atoms with Crippen LogP contribution in [-0.4, -0.2) is 17.4 Å². The van der Waals surface area contributed by atoms with E-state index in [1.807, 2.05) is 24.3 Å². The van der Waals surface area contributed by atoms with Crippen molar-refractivity contribution in [1.82, 2.24) is 5.43 Å². The summed E-state index contributed by atoms with van der Waals surface area (Å²) >= 11 is 5.85. The summed E-state index contributed by atoms with van der Waals surface area (Å²) in [5, 5.41) is 4.73. The number of hydrogen-bond donors (Lipinski definition) is 1. The molecule has 3 rings (SSSR count). The van der Waals surface area contributed by atoms with Crippen molar-refractivity contribution in [3.8, 4) is 0 Å². The average Bonchev–Trinajstić information content (AvgIpc) is 2.71. The second-order valence-corrected chi connectivity index (χ2v) is 6.30. The topological polar surface area (TPSA) is 58.5 Å². The summed E-state index contributed by atoms with van der Waals surface area (Å²) in [6.07, 6.45) is 0.141. The lowest BCUT2D eigenvalue weighted by atomic mass is 10.0. The van der Waals surface area contributed by atoms with Crippen LogP contribution < -0.4 is 5.43 Å². The first kappa shape index (κ1) is 18.5. The summed E-state index contributed by atoms with van der Waals surface area (Å²) in [6.45, 7) is 0. The van der Waals surface area contributed by atoms with E-state index in [9.17, 15) is 9.59 Å². The zero-order valence-corrected chi connectivity index (χ0v) is 15.2. The Morgan fingerprint density at radius 3 is 1.93 bits per heavy atom. The molecule has 0 saturated heterocycles. The third-order valence-electron chi connectivity index (χ3n) is 3.87. The van der Waals surface area contributed by atoms with E-state index in [-0.39, 0.29) is 23.8 Å². The summed E-state index contributed by atoms with van der Waals surface area (Å²) < 4.78 is 0. The van der Waals surface area contributed by atoms with Gasteiger partial charge in [0.1, 0.15) is 5.71 Å². The molecular weight excluding hydrogens is 360 g/mol. The van der Waals surface area contributed by atoms with Gasteiger partial charge in [0.2, 0.25) is 11.7 Å². The first-order valence-corrected chi connectivity index (χ1v) is 8.77. The van der Waals surface area contributed by atoms with Crippen LogP contribution in [0.2, 0.25) is 5.02 Å². The van der Waals surface area contributed by atoms with Crippen molar-refractivity contribution in [2.75, 3.05) is 0 Å². The number of benzene rings is 3. The van der Waals surface area contributed by atoms with Gasteiger partial charge in [0, 0.05) is 16.1 Å². The highest BCUT2D eigenvalue weighted by atomic mass is 35.5. The van der Waals surface area contributed by atoms with E-state index in [4.69, 9.17) is 11.6 Å². The van der Waals surface area contributed by atoms with Crippen LogP contribution >= 0.6 is 11.6 Å². The van der Waals surface area contributed by atoms with E-state index in [2.05, 4.69) is 10.5 Å². The van der Waals surface area contributed by atoms with Crippen molar-refractivity contribution >= 4 is 29.0 Å². The van der Waals surface area contributed by atoms with Crippen LogP contribution in [-0.2, 0) is 11.2 Å².